The molecule has 0 amide bonds. The van der Waals surface area contributed by atoms with Gasteiger partial charge in [-0.3, -0.25) is 18.2 Å². The second-order valence-corrected chi connectivity index (χ2v) is 13.2. The summed E-state index contributed by atoms with van der Waals surface area (Å²) in [7, 11) is -0.749. The number of nitrogen functional groups attached to an aromatic ring is 2. The Balaban J connectivity index is 1.18. The number of aliphatic hydroxyl groups excluding tert-OH is 2. The Labute approximate surface area is 264 Å². The third-order valence-electron chi connectivity index (χ3n) is 7.14. The molecule has 6 rings (SSSR count). The van der Waals surface area contributed by atoms with Crippen molar-refractivity contribution in [2.45, 2.75) is 49.1 Å². The quantitative estimate of drug-likeness (QED) is 0.0614. The fourth-order valence-corrected chi connectivity index (χ4v) is 7.02. The van der Waals surface area contributed by atoms with Crippen LogP contribution in [0, 0.1) is 0 Å². The normalized spacial score (nSPS) is 30.0. The molecule has 2 aliphatic heterocycles. The molecule has 2 saturated heterocycles. The summed E-state index contributed by atoms with van der Waals surface area (Å²) in [5.41, 5.74) is 12.9. The lowest BCUT2D eigenvalue weighted by atomic mass is 10.1. The zero-order valence-electron chi connectivity index (χ0n) is 22.7. The van der Waals surface area contributed by atoms with Crippen LogP contribution in [0.5, 0.6) is 0 Å². The fraction of sp³-hybridized carbons (Fsp3) is 0.524. The van der Waals surface area contributed by atoms with Crippen molar-refractivity contribution in [3.63, 3.8) is 0 Å². The summed E-state index contributed by atoms with van der Waals surface area (Å²) in [6, 6.07) is 0. The van der Waals surface area contributed by atoms with Crippen molar-refractivity contribution in [2.24, 2.45) is 0 Å². The van der Waals surface area contributed by atoms with Crippen molar-refractivity contribution in [1.29, 1.82) is 0 Å². The van der Waals surface area contributed by atoms with Crippen LogP contribution in [0.2, 0.25) is 0 Å². The van der Waals surface area contributed by atoms with E-state index in [4.69, 9.17) is 51.1 Å². The lowest BCUT2D eigenvalue weighted by Gasteiger charge is -2.26. The molecule has 6 heterocycles. The van der Waals surface area contributed by atoms with Gasteiger partial charge in [-0.2, -0.15) is 12.6 Å². The molecule has 0 radical (unpaired) electrons. The molecule has 2 fully saturated rings. The van der Waals surface area contributed by atoms with Gasteiger partial charge in [0.05, 0.1) is 31.8 Å². The highest BCUT2D eigenvalue weighted by molar-refractivity contribution is 8.07. The van der Waals surface area contributed by atoms with Crippen LogP contribution in [0.3, 0.4) is 0 Å². The topological polar surface area (TPSA) is 272 Å². The van der Waals surface area contributed by atoms with Gasteiger partial charge in [0, 0.05) is 0 Å². The fourth-order valence-electron chi connectivity index (χ4n) is 5.11. The van der Waals surface area contributed by atoms with E-state index < -0.39 is 71.1 Å². The van der Waals surface area contributed by atoms with E-state index in [-0.39, 0.29) is 41.0 Å². The van der Waals surface area contributed by atoms with Crippen LogP contribution in [-0.4, -0.2) is 110 Å². The number of anilines is 2. The minimum Gasteiger partial charge on any atom is -0.386 e. The van der Waals surface area contributed by atoms with Gasteiger partial charge in [-0.15, -0.1) is 0 Å². The highest BCUT2D eigenvalue weighted by Gasteiger charge is 2.50. The number of fused-ring (bicyclic) bond motifs is 2. The molecule has 20 nitrogen and oxygen atoms in total. The number of ether oxygens (including phenoxy) is 3. The Hall–Kier alpha value is -2.56. The Morgan fingerprint density at radius 3 is 1.98 bits per heavy atom. The van der Waals surface area contributed by atoms with E-state index in [1.165, 1.54) is 34.4 Å². The van der Waals surface area contributed by atoms with Crippen molar-refractivity contribution in [1.82, 2.24) is 39.0 Å². The minimum absolute atomic E-state index is 0.0304. The molecule has 2 aliphatic rings. The molecule has 0 aliphatic carbocycles. The van der Waals surface area contributed by atoms with Gasteiger partial charge in [0.25, 0.3) is 0 Å². The zero-order chi connectivity index (χ0) is 31.9. The molecule has 0 spiro atoms. The van der Waals surface area contributed by atoms with E-state index in [1.807, 2.05) is 0 Å². The lowest BCUT2D eigenvalue weighted by molar-refractivity contribution is -0.0607. The minimum atomic E-state index is -4.16. The monoisotopic (exact) mass is 704 g/mol. The second kappa shape index (κ2) is 13.3. The molecule has 242 valence electrons. The van der Waals surface area contributed by atoms with Crippen molar-refractivity contribution >= 4 is 73.8 Å². The smallest absolute Gasteiger partial charge is 0.327 e. The molecule has 0 bridgehead atoms. The molecule has 1 unspecified atom stereocenters. The SMILES string of the molecule is Nc1ncnc2c1ncn2[C@@H]1O[C@H](COP(O)(=S)O[C@H]2[C@@H](O)[C@H](n3cnc4c(N)ncnc43)O[C@@H]2COCS)[C@@H](OP=O)[C@H]1O. The number of nitrogens with zero attached hydrogens (tertiary/aromatic N) is 8. The third-order valence-corrected chi connectivity index (χ3v) is 9.21. The summed E-state index contributed by atoms with van der Waals surface area (Å²) < 4.78 is 48.1. The van der Waals surface area contributed by atoms with Crippen LogP contribution in [-0.2, 0) is 44.2 Å². The number of nitrogens with two attached hydrogens (primary N) is 2. The van der Waals surface area contributed by atoms with E-state index in [9.17, 15) is 19.7 Å². The van der Waals surface area contributed by atoms with Gasteiger partial charge >= 0.3 is 15.4 Å². The van der Waals surface area contributed by atoms with Gasteiger partial charge in [-0.05, 0) is 11.8 Å². The predicted molar refractivity (Wildman–Crippen MR) is 159 cm³/mol. The van der Waals surface area contributed by atoms with Crippen LogP contribution in [0.15, 0.2) is 25.3 Å². The zero-order valence-corrected chi connectivity index (χ0v) is 26.2. The summed E-state index contributed by atoms with van der Waals surface area (Å²) in [5.74, 6) is 0.280. The number of imidazole rings is 2. The molecular formula is C21H26N10O10P2S2. The van der Waals surface area contributed by atoms with Crippen molar-refractivity contribution < 1.29 is 47.5 Å². The van der Waals surface area contributed by atoms with Crippen LogP contribution < -0.4 is 11.5 Å². The number of aliphatic hydroxyl groups is 2. The van der Waals surface area contributed by atoms with Crippen LogP contribution >= 0.6 is 28.0 Å². The maximum Gasteiger partial charge on any atom is 0.327 e. The first-order chi connectivity index (χ1) is 21.6. The summed E-state index contributed by atoms with van der Waals surface area (Å²) >= 11 is 9.30. The van der Waals surface area contributed by atoms with Crippen LogP contribution in [0.1, 0.15) is 12.5 Å². The number of thiol groups is 1. The average Bonchev–Trinajstić information content (AvgIpc) is 3.77. The third kappa shape index (κ3) is 6.26. The molecule has 7 N–H and O–H groups in total. The molecular weight excluding hydrogens is 678 g/mol. The average molecular weight is 705 g/mol. The second-order valence-electron chi connectivity index (χ2n) is 9.76. The maximum atomic E-state index is 11.4. The predicted octanol–water partition coefficient (Wildman–Crippen LogP) is -0.538. The van der Waals surface area contributed by atoms with E-state index >= 15 is 0 Å². The van der Waals surface area contributed by atoms with Gasteiger partial charge in [0.15, 0.2) is 35.4 Å². The highest BCUT2D eigenvalue weighted by Crippen LogP contribution is 2.50. The van der Waals surface area contributed by atoms with E-state index in [0.29, 0.717) is 5.52 Å². The number of hydrogen-bond acceptors (Lipinski definition) is 19. The Morgan fingerprint density at radius 1 is 0.911 bits per heavy atom. The van der Waals surface area contributed by atoms with Gasteiger partial charge in [0.1, 0.15) is 60.3 Å². The molecule has 4 aromatic rings. The van der Waals surface area contributed by atoms with Gasteiger partial charge < -0.3 is 45.3 Å². The number of aromatic nitrogens is 8. The number of rotatable bonds is 12. The van der Waals surface area contributed by atoms with Crippen molar-refractivity contribution in [2.75, 3.05) is 30.6 Å². The first-order valence-electron chi connectivity index (χ1n) is 13.0. The van der Waals surface area contributed by atoms with E-state index in [1.54, 1.807) is 0 Å². The van der Waals surface area contributed by atoms with Gasteiger partial charge in [0.2, 0.25) is 0 Å². The standard InChI is InChI=1S/C21H26N10O10P2S2/c22-16-10-18(26-3-24-16)30(5-28-10)20-12(32)14(40-42-34)9(39-20)2-37-43(35,45)41-15-8(1-36-7-44)38-21(13(15)33)31-6-29-11-17(23)25-4-27-19(11)31/h3-6,8-9,12-15,20-21,32-33,44H,1-2,7H2,(H,35,45)(H2,22,24,26)(H2,23,25,27)/t8-,9-,12-,13-,14-,15-,20-,21-,43?/m1/s1. The van der Waals surface area contributed by atoms with Gasteiger partial charge in [-0.1, -0.05) is 0 Å². The van der Waals surface area contributed by atoms with Crippen LogP contribution in [0.25, 0.3) is 22.3 Å². The first kappa shape index (κ1) is 32.4. The molecule has 0 saturated carbocycles. The molecule has 0 aromatic carbocycles. The Morgan fingerprint density at radius 2 is 1.44 bits per heavy atom. The summed E-state index contributed by atoms with van der Waals surface area (Å²) in [6.45, 7) is -4.72. The van der Waals surface area contributed by atoms with Crippen molar-refractivity contribution in [3.05, 3.63) is 25.3 Å². The van der Waals surface area contributed by atoms with Crippen molar-refractivity contribution in [3.8, 4) is 0 Å². The first-order valence-corrected chi connectivity index (χ1v) is 16.9. The molecule has 45 heavy (non-hydrogen) atoms. The Kier molecular flexibility index (Phi) is 9.56. The Bertz CT molecular complexity index is 1740. The summed E-state index contributed by atoms with van der Waals surface area (Å²) in [4.78, 5) is 35.5. The lowest BCUT2D eigenvalue weighted by Crippen LogP contribution is -2.37. The summed E-state index contributed by atoms with van der Waals surface area (Å²) in [6.07, 6.45) is -4.36. The highest BCUT2D eigenvalue weighted by atomic mass is 32.5. The molecule has 9 atom stereocenters. The van der Waals surface area contributed by atoms with E-state index in [2.05, 4.69) is 42.5 Å². The molecule has 24 heteroatoms. The van der Waals surface area contributed by atoms with E-state index in [0.717, 1.165) is 0 Å². The molecule has 4 aromatic heterocycles. The number of hydrogen-bond donors (Lipinski definition) is 6. The largest absolute Gasteiger partial charge is 0.386 e. The summed E-state index contributed by atoms with van der Waals surface area (Å²) in [5, 5.41) is 22.3. The van der Waals surface area contributed by atoms with Gasteiger partial charge in [-0.25, -0.2) is 34.5 Å². The maximum absolute atomic E-state index is 11.4. The van der Waals surface area contributed by atoms with Crippen LogP contribution in [0.4, 0.5) is 11.6 Å².